The van der Waals surface area contributed by atoms with Gasteiger partial charge in [-0.25, -0.2) is 4.21 Å². The van der Waals surface area contributed by atoms with Gasteiger partial charge in [0.15, 0.2) is 11.0 Å². The van der Waals surface area contributed by atoms with Crippen LogP contribution in [0.4, 0.5) is 5.69 Å². The molecule has 3 aromatic carbocycles. The summed E-state index contributed by atoms with van der Waals surface area (Å²) in [4.78, 5) is 24.2. The fraction of sp³-hybridized carbons (Fsp3) is 0.200. The predicted octanol–water partition coefficient (Wildman–Crippen LogP) is 4.43. The zero-order valence-electron chi connectivity index (χ0n) is 18.4. The summed E-state index contributed by atoms with van der Waals surface area (Å²) in [5.41, 5.74) is 3.93. The van der Waals surface area contributed by atoms with Crippen LogP contribution in [0.1, 0.15) is 22.3 Å². The molecule has 6 nitrogen and oxygen atoms in total. The first-order chi connectivity index (χ1) is 15.7. The number of carbonyl (C=O) groups is 2. The summed E-state index contributed by atoms with van der Waals surface area (Å²) in [5, 5.41) is 12.2. The van der Waals surface area contributed by atoms with E-state index in [0.717, 1.165) is 16.7 Å². The van der Waals surface area contributed by atoms with Crippen LogP contribution in [0.3, 0.4) is 0 Å². The Morgan fingerprint density at radius 1 is 0.970 bits per heavy atom. The molecule has 33 heavy (non-hydrogen) atoms. The first-order valence-electron chi connectivity index (χ1n) is 10.3. The SMILES string of the molecule is Cc1ccc(S(=O)N(CC(=O)NCc2ccc(CC(=O)O)cc2)c2cccc(Cl)c2C)cc1. The number of nitrogens with zero attached hydrogens (tertiary/aromatic N) is 1. The molecule has 0 bridgehead atoms. The molecule has 0 saturated carbocycles. The molecule has 1 amide bonds. The van der Waals surface area contributed by atoms with Gasteiger partial charge in [-0.15, -0.1) is 0 Å². The molecule has 0 aromatic heterocycles. The minimum Gasteiger partial charge on any atom is -0.481 e. The first-order valence-corrected chi connectivity index (χ1v) is 11.8. The molecule has 0 radical (unpaired) electrons. The molecule has 1 unspecified atom stereocenters. The van der Waals surface area contributed by atoms with Crippen LogP contribution in [-0.2, 0) is 33.5 Å². The quantitative estimate of drug-likeness (QED) is 0.470. The summed E-state index contributed by atoms with van der Waals surface area (Å²) >= 11 is 6.29. The Morgan fingerprint density at radius 2 is 1.61 bits per heavy atom. The van der Waals surface area contributed by atoms with Crippen molar-refractivity contribution in [2.75, 3.05) is 10.8 Å². The fourth-order valence-corrected chi connectivity index (χ4v) is 4.62. The van der Waals surface area contributed by atoms with E-state index in [9.17, 15) is 13.8 Å². The van der Waals surface area contributed by atoms with E-state index in [1.807, 2.05) is 26.0 Å². The van der Waals surface area contributed by atoms with Crippen molar-refractivity contribution in [2.45, 2.75) is 31.7 Å². The number of hydrogen-bond donors (Lipinski definition) is 2. The molecule has 3 aromatic rings. The van der Waals surface area contributed by atoms with E-state index in [2.05, 4.69) is 5.32 Å². The van der Waals surface area contributed by atoms with Crippen molar-refractivity contribution in [2.24, 2.45) is 0 Å². The van der Waals surface area contributed by atoms with E-state index in [1.165, 1.54) is 4.31 Å². The van der Waals surface area contributed by atoms with Crippen LogP contribution in [0, 0.1) is 13.8 Å². The number of amides is 1. The van der Waals surface area contributed by atoms with Crippen molar-refractivity contribution in [3.05, 3.63) is 94.0 Å². The van der Waals surface area contributed by atoms with E-state index < -0.39 is 17.0 Å². The highest BCUT2D eigenvalue weighted by molar-refractivity contribution is 7.86. The number of hydrogen-bond acceptors (Lipinski definition) is 3. The summed E-state index contributed by atoms with van der Waals surface area (Å²) in [6, 6.07) is 19.7. The second-order valence-electron chi connectivity index (χ2n) is 7.65. The first kappa shape index (κ1) is 24.5. The van der Waals surface area contributed by atoms with Crippen molar-refractivity contribution in [1.82, 2.24) is 5.32 Å². The second-order valence-corrected chi connectivity index (χ2v) is 9.46. The summed E-state index contributed by atoms with van der Waals surface area (Å²) in [7, 11) is -1.62. The molecule has 0 saturated heterocycles. The van der Waals surface area contributed by atoms with Crippen molar-refractivity contribution in [3.63, 3.8) is 0 Å². The highest BCUT2D eigenvalue weighted by Gasteiger charge is 2.22. The van der Waals surface area contributed by atoms with Crippen LogP contribution in [0.15, 0.2) is 71.6 Å². The molecule has 1 atom stereocenters. The van der Waals surface area contributed by atoms with Crippen LogP contribution >= 0.6 is 11.6 Å². The Kier molecular flexibility index (Phi) is 8.25. The maximum absolute atomic E-state index is 13.4. The number of carboxylic acids is 1. The molecule has 2 N–H and O–H groups in total. The average Bonchev–Trinajstić information content (AvgIpc) is 2.79. The maximum Gasteiger partial charge on any atom is 0.307 e. The molecule has 3 rings (SSSR count). The van der Waals surface area contributed by atoms with Crippen molar-refractivity contribution in [3.8, 4) is 0 Å². The normalized spacial score (nSPS) is 11.6. The third-order valence-electron chi connectivity index (χ3n) is 5.09. The molecule has 0 aliphatic rings. The van der Waals surface area contributed by atoms with Crippen molar-refractivity contribution in [1.29, 1.82) is 0 Å². The third kappa shape index (κ3) is 6.66. The second kappa shape index (κ2) is 11.1. The minimum atomic E-state index is -1.62. The van der Waals surface area contributed by atoms with E-state index in [1.54, 1.807) is 54.6 Å². The Hall–Kier alpha value is -3.16. The number of anilines is 1. The van der Waals surface area contributed by atoms with Gasteiger partial charge in [0, 0.05) is 11.6 Å². The van der Waals surface area contributed by atoms with Gasteiger partial charge in [0.05, 0.1) is 17.0 Å². The number of carbonyl (C=O) groups excluding carboxylic acids is 1. The standard InChI is InChI=1S/C25H25ClN2O4S/c1-17-6-12-21(13-7-17)33(32)28(23-5-3-4-22(26)18(23)2)16-24(29)27-15-20-10-8-19(9-11-20)14-25(30)31/h3-13H,14-16H2,1-2H3,(H,27,29)(H,30,31). The molecule has 8 heteroatoms. The number of nitrogens with one attached hydrogen (secondary N) is 1. The molecule has 0 fully saturated rings. The fourth-order valence-electron chi connectivity index (χ4n) is 3.22. The van der Waals surface area contributed by atoms with E-state index in [-0.39, 0.29) is 25.4 Å². The lowest BCUT2D eigenvalue weighted by molar-refractivity contribution is -0.136. The maximum atomic E-state index is 13.4. The molecule has 0 spiro atoms. The molecular weight excluding hydrogens is 460 g/mol. The van der Waals surface area contributed by atoms with Crippen molar-refractivity contribution >= 4 is 40.2 Å². The van der Waals surface area contributed by atoms with Crippen LogP contribution in [-0.4, -0.2) is 27.7 Å². The van der Waals surface area contributed by atoms with Gasteiger partial charge in [-0.2, -0.15) is 0 Å². The van der Waals surface area contributed by atoms with Gasteiger partial charge in [-0.05, 0) is 54.8 Å². The molecule has 0 aliphatic heterocycles. The van der Waals surface area contributed by atoms with Crippen LogP contribution in [0.2, 0.25) is 5.02 Å². The Bertz CT molecular complexity index is 1160. The highest BCUT2D eigenvalue weighted by atomic mass is 35.5. The topological polar surface area (TPSA) is 86.7 Å². The number of carboxylic acid groups (broad SMARTS) is 1. The molecule has 0 heterocycles. The van der Waals surface area contributed by atoms with Crippen LogP contribution < -0.4 is 9.62 Å². The Balaban J connectivity index is 1.76. The molecule has 0 aliphatic carbocycles. The number of aliphatic carboxylic acids is 1. The van der Waals surface area contributed by atoms with Gasteiger partial charge in [-0.3, -0.25) is 13.9 Å². The van der Waals surface area contributed by atoms with Crippen LogP contribution in [0.5, 0.6) is 0 Å². The number of benzene rings is 3. The number of aryl methyl sites for hydroxylation is 1. The van der Waals surface area contributed by atoms with Gasteiger partial charge in [0.25, 0.3) is 0 Å². The summed E-state index contributed by atoms with van der Waals surface area (Å²) in [6.45, 7) is 3.92. The van der Waals surface area contributed by atoms with Gasteiger partial charge in [0.1, 0.15) is 6.54 Å². The van der Waals surface area contributed by atoms with E-state index >= 15 is 0 Å². The third-order valence-corrected chi connectivity index (χ3v) is 6.90. The largest absolute Gasteiger partial charge is 0.481 e. The zero-order valence-corrected chi connectivity index (χ0v) is 19.9. The number of rotatable bonds is 9. The minimum absolute atomic E-state index is 0.0502. The Labute approximate surface area is 200 Å². The Morgan fingerprint density at radius 3 is 2.24 bits per heavy atom. The van der Waals surface area contributed by atoms with E-state index in [4.69, 9.17) is 16.7 Å². The lowest BCUT2D eigenvalue weighted by Crippen LogP contribution is -2.38. The average molecular weight is 485 g/mol. The van der Waals surface area contributed by atoms with Gasteiger partial charge < -0.3 is 10.4 Å². The number of halogens is 1. The monoisotopic (exact) mass is 484 g/mol. The molecular formula is C25H25ClN2O4S. The van der Waals surface area contributed by atoms with E-state index in [0.29, 0.717) is 21.2 Å². The van der Waals surface area contributed by atoms with Gasteiger partial charge in [-0.1, -0.05) is 59.6 Å². The lowest BCUT2D eigenvalue weighted by atomic mass is 10.1. The summed E-state index contributed by atoms with van der Waals surface area (Å²) in [6.07, 6.45) is -0.0502. The van der Waals surface area contributed by atoms with Gasteiger partial charge in [0.2, 0.25) is 5.91 Å². The zero-order chi connectivity index (χ0) is 24.0. The smallest absolute Gasteiger partial charge is 0.307 e. The summed E-state index contributed by atoms with van der Waals surface area (Å²) < 4.78 is 15.0. The highest BCUT2D eigenvalue weighted by Crippen LogP contribution is 2.29. The van der Waals surface area contributed by atoms with Gasteiger partial charge >= 0.3 is 5.97 Å². The molecule has 172 valence electrons. The van der Waals surface area contributed by atoms with Crippen LogP contribution in [0.25, 0.3) is 0 Å². The lowest BCUT2D eigenvalue weighted by Gasteiger charge is -2.25. The van der Waals surface area contributed by atoms with Crippen molar-refractivity contribution < 1.29 is 18.9 Å². The predicted molar refractivity (Wildman–Crippen MR) is 131 cm³/mol. The summed E-state index contributed by atoms with van der Waals surface area (Å²) in [5.74, 6) is -1.20.